The maximum atomic E-state index is 15.6. The summed E-state index contributed by atoms with van der Waals surface area (Å²) in [7, 11) is 2.98. The van der Waals surface area contributed by atoms with E-state index < -0.39 is 95.0 Å². The summed E-state index contributed by atoms with van der Waals surface area (Å²) in [5.41, 5.74) is 2.90. The highest BCUT2D eigenvalue weighted by Crippen LogP contribution is 2.30. The van der Waals surface area contributed by atoms with Crippen molar-refractivity contribution in [1.82, 2.24) is 45.5 Å². The smallest absolute Gasteiger partial charge is 0.246 e. The standard InChI is InChI=1S/C61H76FN9O7/c1-11-61(7,8)71-36-43(45-19-14-15-20-50(45)71)35-49-59(77)69(10)52(30-37(2)3)56(74)65-48(34-41-24-27-46-42(32-41)18-17-28-63-46)54(72)64-39(6)58(76)68(9)51-21-13-12-16-29-70(60(51)78)53(31-38(4)5)57(75)66-47(55(73)67-49)33-40-22-25-44(62)26-23-40/h11-15,17-20,22-28,32,36-39,47-49,51-53H,1,16,21,29-31,33-35H2,2-10H3,(H,64,72)(H,65,74)(H,66,75)(H,67,73)/b13-12-/t39-,47-,48-,49-,51-,52-,53-/m0/s1. The van der Waals surface area contributed by atoms with E-state index in [1.165, 1.54) is 60.0 Å². The fourth-order valence-corrected chi connectivity index (χ4v) is 10.5. The Labute approximate surface area is 457 Å². The van der Waals surface area contributed by atoms with Gasteiger partial charge < -0.3 is 40.5 Å². The Morgan fingerprint density at radius 2 is 1.31 bits per heavy atom. The van der Waals surface area contributed by atoms with Crippen molar-refractivity contribution in [3.63, 3.8) is 0 Å². The average molecular weight is 1070 g/mol. The number of para-hydroxylation sites is 1. The SMILES string of the molecule is C=CC(C)(C)n1cc(C[C@@H]2NC(=O)[C@H](Cc3ccc(F)cc3)NC(=O)[C@H](CC(C)C)N3CC/C=C\C[C@@H](C3=O)N(C)C(=O)[C@H](C)NC(=O)[C@H](Cc3ccc4ncccc4c3)NC(=O)[C@H](CC(C)C)N(C)C2=O)c2ccccc21. The number of carbonyl (C=O) groups is 7. The van der Waals surface area contributed by atoms with Crippen LogP contribution in [0.5, 0.6) is 0 Å². The van der Waals surface area contributed by atoms with Gasteiger partial charge in [-0.25, -0.2) is 4.39 Å². The Bertz CT molecular complexity index is 3060. The number of allylic oxidation sites excluding steroid dienone is 1. The molecule has 1 saturated heterocycles. The lowest BCUT2D eigenvalue weighted by Gasteiger charge is -2.38. The van der Waals surface area contributed by atoms with E-state index in [1.54, 1.807) is 12.3 Å². The van der Waals surface area contributed by atoms with Gasteiger partial charge in [-0.2, -0.15) is 0 Å². The second-order valence-corrected chi connectivity index (χ2v) is 22.3. The molecule has 0 aliphatic carbocycles. The van der Waals surface area contributed by atoms with Crippen LogP contribution in [0.25, 0.3) is 21.8 Å². The van der Waals surface area contributed by atoms with E-state index in [4.69, 9.17) is 0 Å². The summed E-state index contributed by atoms with van der Waals surface area (Å²) in [4.78, 5) is 114. The second-order valence-electron chi connectivity index (χ2n) is 22.3. The number of hydrogen-bond acceptors (Lipinski definition) is 8. The van der Waals surface area contributed by atoms with Crippen LogP contribution in [0, 0.1) is 17.7 Å². The first-order valence-electron chi connectivity index (χ1n) is 27.1. The van der Waals surface area contributed by atoms with Crippen molar-refractivity contribution in [2.45, 2.75) is 141 Å². The first-order valence-corrected chi connectivity index (χ1v) is 27.1. The summed E-state index contributed by atoms with van der Waals surface area (Å²) in [5, 5.41) is 13.4. The number of aromatic nitrogens is 2. The molecule has 414 valence electrons. The highest BCUT2D eigenvalue weighted by atomic mass is 19.1. The van der Waals surface area contributed by atoms with Crippen LogP contribution in [0.1, 0.15) is 90.8 Å². The molecule has 1 fully saturated rings. The van der Waals surface area contributed by atoms with Crippen molar-refractivity contribution in [2.24, 2.45) is 11.8 Å². The molecule has 16 nitrogen and oxygen atoms in total. The van der Waals surface area contributed by atoms with Crippen LogP contribution in [0.2, 0.25) is 0 Å². The van der Waals surface area contributed by atoms with Gasteiger partial charge in [0.2, 0.25) is 41.4 Å². The molecule has 7 amide bonds. The summed E-state index contributed by atoms with van der Waals surface area (Å²) >= 11 is 0. The molecule has 7 atom stereocenters. The van der Waals surface area contributed by atoms with Crippen LogP contribution in [0.15, 0.2) is 116 Å². The van der Waals surface area contributed by atoms with Gasteiger partial charge in [0.05, 0.1) is 11.1 Å². The third kappa shape index (κ3) is 13.7. The van der Waals surface area contributed by atoms with Gasteiger partial charge in [-0.15, -0.1) is 6.58 Å². The Morgan fingerprint density at radius 1 is 0.692 bits per heavy atom. The molecule has 2 aliphatic heterocycles. The van der Waals surface area contributed by atoms with Crippen LogP contribution in [0.3, 0.4) is 0 Å². The highest BCUT2D eigenvalue weighted by molar-refractivity contribution is 5.99. The number of likely N-dealkylation sites (N-methyl/N-ethyl adjacent to an activating group) is 2. The van der Waals surface area contributed by atoms with E-state index >= 15 is 24.0 Å². The lowest BCUT2D eigenvalue weighted by atomic mass is 9.97. The monoisotopic (exact) mass is 1070 g/mol. The van der Waals surface area contributed by atoms with Gasteiger partial charge in [0.15, 0.2) is 0 Å². The number of carbonyl (C=O) groups excluding carboxylic acids is 7. The zero-order valence-corrected chi connectivity index (χ0v) is 46.4. The molecular weight excluding hydrogens is 990 g/mol. The maximum absolute atomic E-state index is 15.6. The number of nitrogens with zero attached hydrogens (tertiary/aromatic N) is 5. The summed E-state index contributed by atoms with van der Waals surface area (Å²) < 4.78 is 16.4. The van der Waals surface area contributed by atoms with E-state index in [0.29, 0.717) is 23.1 Å². The summed E-state index contributed by atoms with van der Waals surface area (Å²) in [6.45, 7) is 17.4. The van der Waals surface area contributed by atoms with Gasteiger partial charge in [-0.1, -0.05) is 88.4 Å². The molecule has 0 radical (unpaired) electrons. The summed E-state index contributed by atoms with van der Waals surface area (Å²) in [6.07, 6.45) is 9.79. The zero-order chi connectivity index (χ0) is 56.6. The Hall–Kier alpha value is -7.69. The highest BCUT2D eigenvalue weighted by Gasteiger charge is 2.41. The van der Waals surface area contributed by atoms with Crippen molar-refractivity contribution in [2.75, 3.05) is 20.6 Å². The summed E-state index contributed by atoms with van der Waals surface area (Å²) in [5.74, 6) is -5.20. The maximum Gasteiger partial charge on any atom is 0.246 e. The molecule has 0 unspecified atom stereocenters. The number of halogens is 1. The van der Waals surface area contributed by atoms with Crippen molar-refractivity contribution < 1.29 is 38.0 Å². The lowest BCUT2D eigenvalue weighted by Crippen LogP contribution is -2.61. The summed E-state index contributed by atoms with van der Waals surface area (Å²) in [6, 6.07) is 13.9. The van der Waals surface area contributed by atoms with Gasteiger partial charge in [0, 0.05) is 68.6 Å². The number of benzene rings is 3. The molecule has 5 aromatic rings. The first-order chi connectivity index (χ1) is 37.1. The Morgan fingerprint density at radius 3 is 1.99 bits per heavy atom. The normalized spacial score (nSPS) is 23.4. The van der Waals surface area contributed by atoms with E-state index in [0.717, 1.165) is 21.8 Å². The van der Waals surface area contributed by atoms with Crippen molar-refractivity contribution in [1.29, 1.82) is 0 Å². The molecule has 4 N–H and O–H groups in total. The van der Waals surface area contributed by atoms with E-state index in [1.807, 2.05) is 119 Å². The molecule has 0 spiro atoms. The molecular formula is C61H76FN9O7. The van der Waals surface area contributed by atoms with Crippen LogP contribution in [0.4, 0.5) is 4.39 Å². The molecule has 2 aliphatic rings. The quantitative estimate of drug-likeness (QED) is 0.101. The van der Waals surface area contributed by atoms with Crippen LogP contribution in [-0.4, -0.2) is 129 Å². The predicted octanol–water partition coefficient (Wildman–Crippen LogP) is 6.54. The molecule has 4 heterocycles. The van der Waals surface area contributed by atoms with Gasteiger partial charge in [-0.3, -0.25) is 38.5 Å². The number of nitrogens with one attached hydrogen (secondary N) is 4. The third-order valence-electron chi connectivity index (χ3n) is 15.0. The lowest BCUT2D eigenvalue weighted by molar-refractivity contribution is -0.150. The number of rotatable bonds is 12. The molecule has 2 aromatic heterocycles. The van der Waals surface area contributed by atoms with Crippen LogP contribution in [-0.2, 0) is 58.4 Å². The van der Waals surface area contributed by atoms with Crippen LogP contribution >= 0.6 is 0 Å². The van der Waals surface area contributed by atoms with Gasteiger partial charge >= 0.3 is 0 Å². The minimum absolute atomic E-state index is 0.0103. The molecule has 2 bridgehead atoms. The van der Waals surface area contributed by atoms with Crippen molar-refractivity contribution in [3.05, 3.63) is 139 Å². The molecule has 7 rings (SSSR count). The van der Waals surface area contributed by atoms with Gasteiger partial charge in [0.1, 0.15) is 48.1 Å². The minimum Gasteiger partial charge on any atom is -0.343 e. The fraction of sp³-hybridized carbons (Fsp3) is 0.443. The minimum atomic E-state index is -1.36. The zero-order valence-electron chi connectivity index (χ0n) is 46.4. The average Bonchev–Trinajstić information content (AvgIpc) is 3.89. The first kappa shape index (κ1) is 58.0. The van der Waals surface area contributed by atoms with E-state index in [2.05, 4.69) is 32.8 Å². The number of fused-ring (bicyclic) bond motifs is 4. The fourth-order valence-electron chi connectivity index (χ4n) is 10.5. The van der Waals surface area contributed by atoms with Crippen molar-refractivity contribution >= 4 is 63.2 Å². The molecule has 17 heteroatoms. The van der Waals surface area contributed by atoms with Gasteiger partial charge in [0.25, 0.3) is 0 Å². The molecule has 3 aromatic carbocycles. The number of pyridine rings is 1. The Balaban J connectivity index is 1.38. The second kappa shape index (κ2) is 25.2. The molecule has 78 heavy (non-hydrogen) atoms. The van der Waals surface area contributed by atoms with E-state index in [9.17, 15) is 14.0 Å². The predicted molar refractivity (Wildman–Crippen MR) is 300 cm³/mol. The number of amides is 7. The number of hydrogen-bond donors (Lipinski definition) is 4. The third-order valence-corrected chi connectivity index (χ3v) is 15.0. The van der Waals surface area contributed by atoms with E-state index in [-0.39, 0.29) is 56.9 Å². The topological polar surface area (TPSA) is 195 Å². The largest absolute Gasteiger partial charge is 0.343 e. The Kier molecular flexibility index (Phi) is 18.7. The van der Waals surface area contributed by atoms with Gasteiger partial charge in [-0.05, 0) is 111 Å². The van der Waals surface area contributed by atoms with Crippen LogP contribution < -0.4 is 21.3 Å². The molecule has 0 saturated carbocycles. The van der Waals surface area contributed by atoms with Crippen molar-refractivity contribution in [3.8, 4) is 0 Å².